The van der Waals surface area contributed by atoms with Crippen molar-refractivity contribution < 1.29 is 0 Å². The summed E-state index contributed by atoms with van der Waals surface area (Å²) in [4.78, 5) is 2.42. The molecule has 2 rings (SSSR count). The third-order valence-electron chi connectivity index (χ3n) is 3.30. The zero-order valence-electron chi connectivity index (χ0n) is 10.3. The van der Waals surface area contributed by atoms with Crippen LogP contribution in [0.5, 0.6) is 0 Å². The molecular weight excluding hydrogens is 200 g/mol. The predicted octanol–water partition coefficient (Wildman–Crippen LogP) is 0.994. The largest absolute Gasteiger partial charge is 0.310 e. The van der Waals surface area contributed by atoms with Crippen molar-refractivity contribution >= 4 is 0 Å². The van der Waals surface area contributed by atoms with Gasteiger partial charge in [-0.2, -0.15) is 5.10 Å². The fraction of sp³-hybridized carbons (Fsp3) is 0.750. The SMILES string of the molecule is CN1CCCC(NCc2cnn(C)c2)CC1. The van der Waals surface area contributed by atoms with Gasteiger partial charge in [-0.3, -0.25) is 4.68 Å². The zero-order valence-corrected chi connectivity index (χ0v) is 10.3. The Morgan fingerprint density at radius 1 is 1.38 bits per heavy atom. The van der Waals surface area contributed by atoms with Crippen LogP contribution in [-0.4, -0.2) is 40.9 Å². The van der Waals surface area contributed by atoms with E-state index in [0.29, 0.717) is 6.04 Å². The number of nitrogens with one attached hydrogen (secondary N) is 1. The molecule has 0 saturated carbocycles. The van der Waals surface area contributed by atoms with E-state index >= 15 is 0 Å². The number of aryl methyl sites for hydroxylation is 1. The van der Waals surface area contributed by atoms with Gasteiger partial charge >= 0.3 is 0 Å². The van der Waals surface area contributed by atoms with Gasteiger partial charge in [0.05, 0.1) is 6.20 Å². The van der Waals surface area contributed by atoms with Crippen molar-refractivity contribution in [3.8, 4) is 0 Å². The van der Waals surface area contributed by atoms with Gasteiger partial charge in [-0.25, -0.2) is 0 Å². The number of likely N-dealkylation sites (tertiary alicyclic amines) is 1. The molecule has 1 aliphatic heterocycles. The standard InChI is InChI=1S/C12H22N4/c1-15-6-3-4-12(5-7-15)13-8-11-9-14-16(2)10-11/h9-10,12-13H,3-8H2,1-2H3. The minimum absolute atomic E-state index is 0.671. The van der Waals surface area contributed by atoms with Gasteiger partial charge in [-0.05, 0) is 39.4 Å². The predicted molar refractivity (Wildman–Crippen MR) is 65.2 cm³/mol. The summed E-state index contributed by atoms with van der Waals surface area (Å²) in [6.45, 7) is 3.40. The van der Waals surface area contributed by atoms with Gasteiger partial charge in [0.25, 0.3) is 0 Å². The first-order valence-corrected chi connectivity index (χ1v) is 6.13. The molecule has 16 heavy (non-hydrogen) atoms. The molecule has 1 unspecified atom stereocenters. The molecule has 2 heterocycles. The van der Waals surface area contributed by atoms with Crippen molar-refractivity contribution in [2.24, 2.45) is 7.05 Å². The topological polar surface area (TPSA) is 33.1 Å². The minimum Gasteiger partial charge on any atom is -0.310 e. The highest BCUT2D eigenvalue weighted by molar-refractivity contribution is 5.03. The lowest BCUT2D eigenvalue weighted by Crippen LogP contribution is -2.29. The molecule has 1 aromatic heterocycles. The Labute approximate surface area is 97.6 Å². The van der Waals surface area contributed by atoms with E-state index < -0.39 is 0 Å². The number of nitrogens with zero attached hydrogens (tertiary/aromatic N) is 3. The Bertz CT molecular complexity index is 321. The summed E-state index contributed by atoms with van der Waals surface area (Å²) in [6.07, 6.45) is 7.88. The second-order valence-corrected chi connectivity index (χ2v) is 4.83. The Balaban J connectivity index is 1.77. The lowest BCUT2D eigenvalue weighted by atomic mass is 10.1. The highest BCUT2D eigenvalue weighted by Crippen LogP contribution is 2.10. The number of aromatic nitrogens is 2. The van der Waals surface area contributed by atoms with Gasteiger partial charge in [0.2, 0.25) is 0 Å². The maximum Gasteiger partial charge on any atom is 0.0534 e. The van der Waals surface area contributed by atoms with Crippen molar-refractivity contribution in [1.82, 2.24) is 20.0 Å². The molecule has 0 bridgehead atoms. The van der Waals surface area contributed by atoms with Crippen LogP contribution in [0.4, 0.5) is 0 Å². The summed E-state index contributed by atoms with van der Waals surface area (Å²) in [7, 11) is 4.17. The van der Waals surface area contributed by atoms with E-state index in [0.717, 1.165) is 6.54 Å². The third kappa shape index (κ3) is 3.32. The highest BCUT2D eigenvalue weighted by atomic mass is 15.2. The number of hydrogen-bond acceptors (Lipinski definition) is 3. The smallest absolute Gasteiger partial charge is 0.0534 e. The van der Waals surface area contributed by atoms with E-state index in [1.165, 1.54) is 37.9 Å². The third-order valence-corrected chi connectivity index (χ3v) is 3.30. The van der Waals surface area contributed by atoms with Crippen LogP contribution < -0.4 is 5.32 Å². The first kappa shape index (κ1) is 11.6. The molecule has 0 aromatic carbocycles. The van der Waals surface area contributed by atoms with Gasteiger partial charge in [-0.1, -0.05) is 0 Å². The summed E-state index contributed by atoms with van der Waals surface area (Å²) < 4.78 is 1.86. The summed E-state index contributed by atoms with van der Waals surface area (Å²) in [5, 5.41) is 7.81. The van der Waals surface area contributed by atoms with Gasteiger partial charge < -0.3 is 10.2 Å². The van der Waals surface area contributed by atoms with E-state index in [2.05, 4.69) is 28.6 Å². The van der Waals surface area contributed by atoms with Gasteiger partial charge in [0.1, 0.15) is 0 Å². The molecule has 1 saturated heterocycles. The van der Waals surface area contributed by atoms with Crippen LogP contribution in [0.1, 0.15) is 24.8 Å². The second kappa shape index (κ2) is 5.46. The van der Waals surface area contributed by atoms with Crippen molar-refractivity contribution in [2.75, 3.05) is 20.1 Å². The van der Waals surface area contributed by atoms with E-state index in [9.17, 15) is 0 Å². The van der Waals surface area contributed by atoms with Crippen molar-refractivity contribution in [3.63, 3.8) is 0 Å². The van der Waals surface area contributed by atoms with Gasteiger partial charge in [-0.15, -0.1) is 0 Å². The molecule has 90 valence electrons. The van der Waals surface area contributed by atoms with E-state index in [1.807, 2.05) is 17.9 Å². The zero-order chi connectivity index (χ0) is 11.4. The van der Waals surface area contributed by atoms with Crippen molar-refractivity contribution in [2.45, 2.75) is 31.8 Å². The van der Waals surface area contributed by atoms with Crippen LogP contribution in [0.25, 0.3) is 0 Å². The molecular formula is C12H22N4. The maximum absolute atomic E-state index is 4.18. The first-order valence-electron chi connectivity index (χ1n) is 6.13. The molecule has 0 spiro atoms. The quantitative estimate of drug-likeness (QED) is 0.828. The Morgan fingerprint density at radius 2 is 2.25 bits per heavy atom. The van der Waals surface area contributed by atoms with Crippen LogP contribution >= 0.6 is 0 Å². The molecule has 1 N–H and O–H groups in total. The Kier molecular flexibility index (Phi) is 3.96. The summed E-state index contributed by atoms with van der Waals surface area (Å²) in [6, 6.07) is 0.671. The van der Waals surface area contributed by atoms with E-state index in [-0.39, 0.29) is 0 Å². The van der Waals surface area contributed by atoms with Crippen LogP contribution in [0, 0.1) is 0 Å². The summed E-state index contributed by atoms with van der Waals surface area (Å²) >= 11 is 0. The van der Waals surface area contributed by atoms with Crippen LogP contribution in [0.15, 0.2) is 12.4 Å². The highest BCUT2D eigenvalue weighted by Gasteiger charge is 2.14. The van der Waals surface area contributed by atoms with Crippen LogP contribution in [-0.2, 0) is 13.6 Å². The normalized spacial score (nSPS) is 23.2. The molecule has 1 fully saturated rings. The van der Waals surface area contributed by atoms with Crippen LogP contribution in [0.3, 0.4) is 0 Å². The van der Waals surface area contributed by atoms with E-state index in [4.69, 9.17) is 0 Å². The molecule has 0 radical (unpaired) electrons. The second-order valence-electron chi connectivity index (χ2n) is 4.83. The van der Waals surface area contributed by atoms with Crippen molar-refractivity contribution in [3.05, 3.63) is 18.0 Å². The number of rotatable bonds is 3. The minimum atomic E-state index is 0.671. The molecule has 4 nitrogen and oxygen atoms in total. The fourth-order valence-corrected chi connectivity index (χ4v) is 2.27. The van der Waals surface area contributed by atoms with Gasteiger partial charge in [0.15, 0.2) is 0 Å². The summed E-state index contributed by atoms with van der Waals surface area (Å²) in [5.41, 5.74) is 1.28. The molecule has 1 aliphatic rings. The average Bonchev–Trinajstić information content (AvgIpc) is 2.56. The maximum atomic E-state index is 4.18. The molecule has 1 aromatic rings. The molecule has 0 aliphatic carbocycles. The van der Waals surface area contributed by atoms with E-state index in [1.54, 1.807) is 0 Å². The Hall–Kier alpha value is -0.870. The average molecular weight is 222 g/mol. The monoisotopic (exact) mass is 222 g/mol. The Morgan fingerprint density at radius 3 is 3.00 bits per heavy atom. The lowest BCUT2D eigenvalue weighted by Gasteiger charge is -2.16. The lowest BCUT2D eigenvalue weighted by molar-refractivity contribution is 0.343. The van der Waals surface area contributed by atoms with Crippen molar-refractivity contribution in [1.29, 1.82) is 0 Å². The van der Waals surface area contributed by atoms with Gasteiger partial charge in [0, 0.05) is 31.4 Å². The molecule has 1 atom stereocenters. The summed E-state index contributed by atoms with van der Waals surface area (Å²) in [5.74, 6) is 0. The molecule has 4 heteroatoms. The first-order chi connectivity index (χ1) is 7.74. The van der Waals surface area contributed by atoms with Crippen LogP contribution in [0.2, 0.25) is 0 Å². The number of hydrogen-bond donors (Lipinski definition) is 1. The molecule has 0 amide bonds. The fourth-order valence-electron chi connectivity index (χ4n) is 2.27.